The maximum absolute atomic E-state index is 10.3. The van der Waals surface area contributed by atoms with Crippen LogP contribution >= 0.6 is 0 Å². The number of hydrogen-bond acceptors (Lipinski definition) is 3. The van der Waals surface area contributed by atoms with Gasteiger partial charge in [0.15, 0.2) is 9.84 Å². The molecule has 0 aliphatic carbocycles. The first-order chi connectivity index (χ1) is 3.21. The van der Waals surface area contributed by atoms with Gasteiger partial charge in [0.05, 0.1) is 12.3 Å². The summed E-state index contributed by atoms with van der Waals surface area (Å²) in [5, 5.41) is 0. The Hall–Kier alpha value is -0.380. The molecular formula is C3H5NO2S. The van der Waals surface area contributed by atoms with Crippen LogP contribution in [0.5, 0.6) is 0 Å². The van der Waals surface area contributed by atoms with E-state index in [4.69, 9.17) is 0 Å². The zero-order valence-corrected chi connectivity index (χ0v) is 4.48. The molecule has 0 radical (unpaired) electrons. The number of aliphatic imine (C=N–C) groups is 1. The van der Waals surface area contributed by atoms with Crippen molar-refractivity contribution in [3.8, 4) is 0 Å². The second-order valence-electron chi connectivity index (χ2n) is 1.38. The van der Waals surface area contributed by atoms with Crippen molar-refractivity contribution in [2.75, 3.05) is 12.3 Å². The molecule has 1 aliphatic heterocycles. The Labute approximate surface area is 42.0 Å². The Morgan fingerprint density at radius 2 is 2.29 bits per heavy atom. The van der Waals surface area contributed by atoms with Crippen molar-refractivity contribution < 1.29 is 8.42 Å². The Morgan fingerprint density at radius 1 is 1.57 bits per heavy atom. The van der Waals surface area contributed by atoms with Crippen molar-refractivity contribution in [3.05, 3.63) is 0 Å². The minimum absolute atomic E-state index is 0.201. The van der Waals surface area contributed by atoms with E-state index in [1.165, 1.54) is 0 Å². The summed E-state index contributed by atoms with van der Waals surface area (Å²) in [6.45, 7) is 0.447. The lowest BCUT2D eigenvalue weighted by Gasteiger charge is -1.77. The molecule has 7 heavy (non-hydrogen) atoms. The fourth-order valence-electron chi connectivity index (χ4n) is 0.399. The molecule has 1 aliphatic rings. The molecule has 0 spiro atoms. The molecule has 0 N–H and O–H groups in total. The van der Waals surface area contributed by atoms with Gasteiger partial charge < -0.3 is 0 Å². The third-order valence-electron chi connectivity index (χ3n) is 0.740. The number of nitrogens with zero attached hydrogens (tertiary/aromatic N) is 1. The molecule has 0 amide bonds. The summed E-state index contributed by atoms with van der Waals surface area (Å²) in [6, 6.07) is 0. The van der Waals surface area contributed by atoms with Crippen molar-refractivity contribution in [2.45, 2.75) is 0 Å². The van der Waals surface area contributed by atoms with Crippen molar-refractivity contribution in [1.82, 2.24) is 0 Å². The smallest absolute Gasteiger partial charge is 0.190 e. The summed E-state index contributed by atoms with van der Waals surface area (Å²) >= 11 is 0. The average Bonchev–Trinajstić information content (AvgIpc) is 1.84. The molecule has 0 aromatic carbocycles. The number of hydrogen-bond donors (Lipinski definition) is 0. The summed E-state index contributed by atoms with van der Waals surface area (Å²) in [5.41, 5.74) is 1.02. The van der Waals surface area contributed by atoms with E-state index in [9.17, 15) is 8.42 Å². The van der Waals surface area contributed by atoms with Crippen LogP contribution in [-0.2, 0) is 9.84 Å². The van der Waals surface area contributed by atoms with Crippen LogP contribution in [0.4, 0.5) is 0 Å². The quantitative estimate of drug-likeness (QED) is 0.429. The Morgan fingerprint density at radius 3 is 2.43 bits per heavy atom. The van der Waals surface area contributed by atoms with Crippen LogP contribution in [0.25, 0.3) is 0 Å². The molecule has 0 fully saturated rings. The Bertz CT molecular complexity index is 179. The van der Waals surface area contributed by atoms with Crippen LogP contribution in [0.15, 0.2) is 4.99 Å². The van der Waals surface area contributed by atoms with E-state index >= 15 is 0 Å². The van der Waals surface area contributed by atoms with Gasteiger partial charge in [-0.3, -0.25) is 4.99 Å². The standard InChI is InChI=1S/C3H5NO2S/c5-7(6)2-1-4-3-7/h3H,1-2H2. The fraction of sp³-hybridized carbons (Fsp3) is 0.667. The van der Waals surface area contributed by atoms with Gasteiger partial charge in [-0.05, 0) is 0 Å². The monoisotopic (exact) mass is 119 g/mol. The summed E-state index contributed by atoms with van der Waals surface area (Å²) < 4.78 is 20.6. The van der Waals surface area contributed by atoms with Crippen molar-refractivity contribution >= 4 is 15.4 Å². The van der Waals surface area contributed by atoms with Gasteiger partial charge in [-0.1, -0.05) is 0 Å². The van der Waals surface area contributed by atoms with E-state index in [2.05, 4.69) is 4.99 Å². The van der Waals surface area contributed by atoms with Crippen LogP contribution in [0.2, 0.25) is 0 Å². The van der Waals surface area contributed by atoms with E-state index in [0.717, 1.165) is 5.55 Å². The van der Waals surface area contributed by atoms with Gasteiger partial charge in [0.1, 0.15) is 5.55 Å². The first-order valence-electron chi connectivity index (χ1n) is 1.93. The lowest BCUT2D eigenvalue weighted by Crippen LogP contribution is -2.00. The molecular weight excluding hydrogens is 114 g/mol. The van der Waals surface area contributed by atoms with E-state index in [-0.39, 0.29) is 5.75 Å². The Balaban J connectivity index is 2.99. The molecule has 0 unspecified atom stereocenters. The maximum Gasteiger partial charge on any atom is 0.190 e. The average molecular weight is 119 g/mol. The maximum atomic E-state index is 10.3. The van der Waals surface area contributed by atoms with Gasteiger partial charge in [0.2, 0.25) is 0 Å². The third-order valence-corrected chi connectivity index (χ3v) is 1.96. The van der Waals surface area contributed by atoms with Crippen LogP contribution in [-0.4, -0.2) is 26.3 Å². The molecule has 0 saturated carbocycles. The van der Waals surface area contributed by atoms with Crippen LogP contribution in [0, 0.1) is 0 Å². The SMILES string of the molecule is O=S1(=O)C=NCC1. The minimum Gasteiger partial charge on any atom is -0.280 e. The van der Waals surface area contributed by atoms with E-state index < -0.39 is 9.84 Å². The molecule has 1 rings (SSSR count). The molecule has 40 valence electrons. The molecule has 0 bridgehead atoms. The van der Waals surface area contributed by atoms with Gasteiger partial charge >= 0.3 is 0 Å². The highest BCUT2D eigenvalue weighted by molar-refractivity contribution is 8.04. The highest BCUT2D eigenvalue weighted by atomic mass is 32.2. The van der Waals surface area contributed by atoms with E-state index in [0.29, 0.717) is 6.54 Å². The summed E-state index contributed by atoms with van der Waals surface area (Å²) in [4.78, 5) is 3.52. The zero-order valence-electron chi connectivity index (χ0n) is 3.66. The fourth-order valence-corrected chi connectivity index (χ4v) is 1.20. The van der Waals surface area contributed by atoms with Crippen LogP contribution < -0.4 is 0 Å². The molecule has 0 saturated heterocycles. The van der Waals surface area contributed by atoms with E-state index in [1.54, 1.807) is 0 Å². The predicted octanol–water partition coefficient (Wildman–Crippen LogP) is -0.557. The lowest BCUT2D eigenvalue weighted by molar-refractivity contribution is 0.610. The summed E-state index contributed by atoms with van der Waals surface area (Å²) in [5.74, 6) is 0.201. The highest BCUT2D eigenvalue weighted by Gasteiger charge is 2.10. The van der Waals surface area contributed by atoms with Gasteiger partial charge in [-0.2, -0.15) is 0 Å². The van der Waals surface area contributed by atoms with Crippen LogP contribution in [0.1, 0.15) is 0 Å². The third kappa shape index (κ3) is 0.991. The molecule has 0 aromatic rings. The Kier molecular flexibility index (Phi) is 0.883. The van der Waals surface area contributed by atoms with Crippen molar-refractivity contribution in [2.24, 2.45) is 4.99 Å². The highest BCUT2D eigenvalue weighted by Crippen LogP contribution is 1.92. The molecule has 1 heterocycles. The normalized spacial score (nSPS) is 25.7. The molecule has 4 heteroatoms. The largest absolute Gasteiger partial charge is 0.280 e. The predicted molar refractivity (Wildman–Crippen MR) is 27.1 cm³/mol. The first kappa shape index (κ1) is 4.77. The number of sulfone groups is 1. The summed E-state index contributed by atoms with van der Waals surface area (Å²) in [7, 11) is -2.84. The molecule has 0 atom stereocenters. The van der Waals surface area contributed by atoms with Gasteiger partial charge in [-0.25, -0.2) is 8.42 Å². The second-order valence-corrected chi connectivity index (χ2v) is 3.32. The second kappa shape index (κ2) is 1.30. The van der Waals surface area contributed by atoms with E-state index in [1.807, 2.05) is 0 Å². The number of rotatable bonds is 0. The zero-order chi connectivity index (χ0) is 5.33. The molecule has 3 nitrogen and oxygen atoms in total. The van der Waals surface area contributed by atoms with Gasteiger partial charge in [-0.15, -0.1) is 0 Å². The van der Waals surface area contributed by atoms with Gasteiger partial charge in [0.25, 0.3) is 0 Å². The molecule has 0 aromatic heterocycles. The van der Waals surface area contributed by atoms with Crippen molar-refractivity contribution in [1.29, 1.82) is 0 Å². The first-order valence-corrected chi connectivity index (χ1v) is 3.65. The lowest BCUT2D eigenvalue weighted by atomic mass is 10.8. The van der Waals surface area contributed by atoms with Gasteiger partial charge in [0, 0.05) is 0 Å². The topological polar surface area (TPSA) is 46.5 Å². The van der Waals surface area contributed by atoms with Crippen molar-refractivity contribution in [3.63, 3.8) is 0 Å². The van der Waals surface area contributed by atoms with Crippen LogP contribution in [0.3, 0.4) is 0 Å². The minimum atomic E-state index is -2.84. The summed E-state index contributed by atoms with van der Waals surface area (Å²) in [6.07, 6.45) is 0.